The number of hydrogen-bond donors (Lipinski definition) is 1. The van der Waals surface area contributed by atoms with Crippen molar-refractivity contribution in [3.05, 3.63) is 39.2 Å². The van der Waals surface area contributed by atoms with Crippen LogP contribution in [0.5, 0.6) is 0 Å². The minimum Gasteiger partial charge on any atom is -0.334 e. The molecular weight excluding hydrogens is 277 g/mol. The van der Waals surface area contributed by atoms with Crippen LogP contribution in [0, 0.1) is 34.2 Å². The molecule has 21 heavy (non-hydrogen) atoms. The van der Waals surface area contributed by atoms with Gasteiger partial charge in [-0.15, -0.1) is 0 Å². The molecule has 0 bridgehead atoms. The molecule has 0 aliphatic rings. The van der Waals surface area contributed by atoms with Crippen LogP contribution >= 0.6 is 0 Å². The number of nitrogens with zero attached hydrogens (tertiary/aromatic N) is 2. The van der Waals surface area contributed by atoms with Crippen molar-refractivity contribution < 1.29 is 14.1 Å². The lowest BCUT2D eigenvalue weighted by molar-refractivity contribution is -0.385. The van der Waals surface area contributed by atoms with Crippen LogP contribution in [0.15, 0.2) is 12.1 Å². The Morgan fingerprint density at radius 2 is 2.05 bits per heavy atom. The number of non-ortho nitro benzene ring substituents is 1. The number of nitrogens with one attached hydrogen (secondary N) is 1. The van der Waals surface area contributed by atoms with Gasteiger partial charge in [-0.2, -0.15) is 5.26 Å². The van der Waals surface area contributed by atoms with Gasteiger partial charge in [-0.25, -0.2) is 4.39 Å². The van der Waals surface area contributed by atoms with E-state index in [4.69, 9.17) is 0 Å². The Bertz CT molecular complexity index is 619. The topological polar surface area (TPSA) is 96.0 Å². The average Bonchev–Trinajstić information content (AvgIpc) is 2.47. The van der Waals surface area contributed by atoms with Gasteiger partial charge >= 0.3 is 0 Å². The molecule has 0 aromatic heterocycles. The molecule has 0 saturated heterocycles. The van der Waals surface area contributed by atoms with Gasteiger partial charge in [0, 0.05) is 12.1 Å². The van der Waals surface area contributed by atoms with E-state index in [0.29, 0.717) is 12.8 Å². The van der Waals surface area contributed by atoms with Crippen molar-refractivity contribution in [3.63, 3.8) is 0 Å². The average molecular weight is 293 g/mol. The molecule has 0 aliphatic heterocycles. The van der Waals surface area contributed by atoms with Gasteiger partial charge in [0.2, 0.25) is 0 Å². The first kappa shape index (κ1) is 16.6. The first-order chi connectivity index (χ1) is 9.80. The first-order valence-corrected chi connectivity index (χ1v) is 6.48. The minimum atomic E-state index is -1.11. The number of benzene rings is 1. The van der Waals surface area contributed by atoms with Crippen molar-refractivity contribution in [1.29, 1.82) is 5.26 Å². The molecule has 0 fully saturated rings. The minimum absolute atomic E-state index is 0.00454. The highest BCUT2D eigenvalue weighted by Crippen LogP contribution is 2.22. The number of hydrogen-bond acceptors (Lipinski definition) is 4. The lowest BCUT2D eigenvalue weighted by atomic mass is 9.94. The van der Waals surface area contributed by atoms with E-state index in [1.54, 1.807) is 13.8 Å². The van der Waals surface area contributed by atoms with Crippen molar-refractivity contribution >= 4 is 11.6 Å². The van der Waals surface area contributed by atoms with Gasteiger partial charge in [0.1, 0.15) is 11.4 Å². The first-order valence-electron chi connectivity index (χ1n) is 6.48. The van der Waals surface area contributed by atoms with Gasteiger partial charge in [0.15, 0.2) is 0 Å². The van der Waals surface area contributed by atoms with Gasteiger partial charge in [0.25, 0.3) is 11.6 Å². The summed E-state index contributed by atoms with van der Waals surface area (Å²) in [4.78, 5) is 22.3. The second-order valence-corrected chi connectivity index (χ2v) is 4.74. The Morgan fingerprint density at radius 1 is 1.48 bits per heavy atom. The van der Waals surface area contributed by atoms with E-state index in [9.17, 15) is 24.6 Å². The smallest absolute Gasteiger partial charge is 0.270 e. The van der Waals surface area contributed by atoms with Gasteiger partial charge in [-0.1, -0.05) is 13.8 Å². The zero-order valence-electron chi connectivity index (χ0n) is 12.1. The number of halogens is 1. The standard InChI is InChI=1S/C14H16FN3O3/c1-4-14(5-2,8-16)17-13(19)11-7-10(18(20)21)6-9(3)12(11)15/h6-7H,4-5H2,1-3H3,(H,17,19). The molecule has 0 spiro atoms. The van der Waals surface area contributed by atoms with Crippen molar-refractivity contribution in [2.24, 2.45) is 0 Å². The molecule has 7 heteroatoms. The van der Waals surface area contributed by atoms with Crippen LogP contribution in [0.4, 0.5) is 10.1 Å². The van der Waals surface area contributed by atoms with Crippen LogP contribution < -0.4 is 5.32 Å². The summed E-state index contributed by atoms with van der Waals surface area (Å²) >= 11 is 0. The third-order valence-electron chi connectivity index (χ3n) is 3.47. The fourth-order valence-corrected chi connectivity index (χ4v) is 1.92. The summed E-state index contributed by atoms with van der Waals surface area (Å²) in [5.74, 6) is -1.65. The van der Waals surface area contributed by atoms with Crippen LogP contribution in [0.2, 0.25) is 0 Å². The van der Waals surface area contributed by atoms with Crippen molar-refractivity contribution in [2.75, 3.05) is 0 Å². The highest BCUT2D eigenvalue weighted by Gasteiger charge is 2.30. The highest BCUT2D eigenvalue weighted by atomic mass is 19.1. The molecule has 6 nitrogen and oxygen atoms in total. The number of nitro groups is 1. The van der Waals surface area contributed by atoms with Crippen molar-refractivity contribution in [1.82, 2.24) is 5.32 Å². The summed E-state index contributed by atoms with van der Waals surface area (Å²) in [5, 5.41) is 22.4. The van der Waals surface area contributed by atoms with E-state index in [1.165, 1.54) is 6.92 Å². The third kappa shape index (κ3) is 3.34. The highest BCUT2D eigenvalue weighted by molar-refractivity contribution is 5.96. The number of aryl methyl sites for hydroxylation is 1. The zero-order valence-corrected chi connectivity index (χ0v) is 12.1. The summed E-state index contributed by atoms with van der Waals surface area (Å²) in [6.07, 6.45) is 0.697. The van der Waals surface area contributed by atoms with Crippen LogP contribution in [0.1, 0.15) is 42.6 Å². The van der Waals surface area contributed by atoms with Gasteiger partial charge in [-0.05, 0) is 25.3 Å². The molecule has 112 valence electrons. The summed E-state index contributed by atoms with van der Waals surface area (Å²) < 4.78 is 14.0. The Hall–Kier alpha value is -2.49. The lowest BCUT2D eigenvalue weighted by Crippen LogP contribution is -2.46. The maximum absolute atomic E-state index is 14.0. The maximum atomic E-state index is 14.0. The van der Waals surface area contributed by atoms with Crippen molar-refractivity contribution in [2.45, 2.75) is 39.2 Å². The molecular formula is C14H16FN3O3. The normalized spacial score (nSPS) is 10.8. The Kier molecular flexibility index (Phi) is 4.97. The van der Waals surface area contributed by atoms with Crippen LogP contribution in [-0.2, 0) is 0 Å². The monoisotopic (exact) mass is 293 g/mol. The quantitative estimate of drug-likeness (QED) is 0.666. The Balaban J connectivity index is 3.25. The Morgan fingerprint density at radius 3 is 2.48 bits per heavy atom. The summed E-state index contributed by atoms with van der Waals surface area (Å²) in [7, 11) is 0. The number of rotatable bonds is 5. The number of amides is 1. The second-order valence-electron chi connectivity index (χ2n) is 4.74. The number of carbonyl (C=O) groups excluding carboxylic acids is 1. The van der Waals surface area contributed by atoms with E-state index in [0.717, 1.165) is 12.1 Å². The number of nitro benzene ring substituents is 1. The lowest BCUT2D eigenvalue weighted by Gasteiger charge is -2.25. The number of carbonyl (C=O) groups is 1. The van der Waals surface area contributed by atoms with Crippen LogP contribution in [0.25, 0.3) is 0 Å². The molecule has 0 radical (unpaired) electrons. The molecule has 1 N–H and O–H groups in total. The summed E-state index contributed by atoms with van der Waals surface area (Å²) in [6.45, 7) is 4.79. The molecule has 0 aliphatic carbocycles. The number of nitriles is 1. The van der Waals surface area contributed by atoms with Gasteiger partial charge in [-0.3, -0.25) is 14.9 Å². The fraction of sp³-hybridized carbons (Fsp3) is 0.429. The van der Waals surface area contributed by atoms with E-state index < -0.39 is 27.8 Å². The molecule has 0 unspecified atom stereocenters. The predicted octanol–water partition coefficient (Wildman–Crippen LogP) is 2.85. The van der Waals surface area contributed by atoms with Gasteiger partial charge in [0.05, 0.1) is 16.6 Å². The van der Waals surface area contributed by atoms with Crippen LogP contribution in [0.3, 0.4) is 0 Å². The largest absolute Gasteiger partial charge is 0.334 e. The van der Waals surface area contributed by atoms with E-state index in [-0.39, 0.29) is 11.3 Å². The Labute approximate surface area is 121 Å². The maximum Gasteiger partial charge on any atom is 0.270 e. The summed E-state index contributed by atoms with van der Waals surface area (Å²) in [5.41, 5.74) is -1.90. The molecule has 0 heterocycles. The van der Waals surface area contributed by atoms with Gasteiger partial charge < -0.3 is 5.32 Å². The van der Waals surface area contributed by atoms with E-state index in [1.807, 2.05) is 6.07 Å². The molecule has 1 aromatic rings. The van der Waals surface area contributed by atoms with E-state index in [2.05, 4.69) is 5.32 Å². The summed E-state index contributed by atoms with van der Waals surface area (Å²) in [6, 6.07) is 3.94. The molecule has 1 aromatic carbocycles. The zero-order chi connectivity index (χ0) is 16.2. The van der Waals surface area contributed by atoms with E-state index >= 15 is 0 Å². The SMILES string of the molecule is CCC(C#N)(CC)NC(=O)c1cc([N+](=O)[O-])cc(C)c1F. The molecule has 0 saturated carbocycles. The van der Waals surface area contributed by atoms with Crippen LogP contribution in [-0.4, -0.2) is 16.4 Å². The molecule has 0 atom stereocenters. The fourth-order valence-electron chi connectivity index (χ4n) is 1.92. The van der Waals surface area contributed by atoms with Crippen molar-refractivity contribution in [3.8, 4) is 6.07 Å². The second kappa shape index (κ2) is 6.31. The third-order valence-corrected chi connectivity index (χ3v) is 3.47. The predicted molar refractivity (Wildman–Crippen MR) is 74.2 cm³/mol. The molecule has 1 rings (SSSR count). The molecule has 1 amide bonds.